The lowest BCUT2D eigenvalue weighted by molar-refractivity contribution is -0.138. The fourth-order valence-corrected chi connectivity index (χ4v) is 0.673. The third-order valence-electron chi connectivity index (χ3n) is 1.11. The summed E-state index contributed by atoms with van der Waals surface area (Å²) in [6.45, 7) is 7.16. The van der Waals surface area contributed by atoms with Crippen LogP contribution in [0.15, 0.2) is 12.2 Å². The first-order chi connectivity index (χ1) is 5.07. The Hall–Kier alpha value is -0.830. The molecule has 64 valence electrons. The summed E-state index contributed by atoms with van der Waals surface area (Å²) in [4.78, 5) is 10.8. The van der Waals surface area contributed by atoms with Gasteiger partial charge in [-0.25, -0.2) is 4.79 Å². The van der Waals surface area contributed by atoms with Crippen LogP contribution < -0.4 is 0 Å². The van der Waals surface area contributed by atoms with Gasteiger partial charge in [-0.15, -0.1) is 0 Å². The average molecular weight is 158 g/mol. The third kappa shape index (κ3) is 4.56. The number of carbonyl (C=O) groups is 1. The molecule has 11 heavy (non-hydrogen) atoms. The Bertz CT molecular complexity index is 149. The van der Waals surface area contributed by atoms with Crippen molar-refractivity contribution in [3.05, 3.63) is 12.2 Å². The van der Waals surface area contributed by atoms with Gasteiger partial charge in [0.15, 0.2) is 0 Å². The highest BCUT2D eigenvalue weighted by Crippen LogP contribution is 2.04. The maximum atomic E-state index is 10.8. The van der Waals surface area contributed by atoms with Crippen molar-refractivity contribution in [3.63, 3.8) is 0 Å². The van der Waals surface area contributed by atoms with Crippen LogP contribution in [0.2, 0.25) is 0 Å². The van der Waals surface area contributed by atoms with Gasteiger partial charge in [-0.1, -0.05) is 6.58 Å². The van der Waals surface area contributed by atoms with E-state index in [4.69, 9.17) is 5.11 Å². The smallest absolute Gasteiger partial charge is 0.333 e. The van der Waals surface area contributed by atoms with Gasteiger partial charge in [-0.2, -0.15) is 0 Å². The Balaban J connectivity index is 3.74. The molecule has 0 rings (SSSR count). The van der Waals surface area contributed by atoms with Gasteiger partial charge in [0.05, 0.1) is 12.7 Å². The molecule has 0 aliphatic heterocycles. The summed E-state index contributed by atoms with van der Waals surface area (Å²) < 4.78 is 4.65. The van der Waals surface area contributed by atoms with Crippen LogP contribution in [-0.4, -0.2) is 23.8 Å². The van der Waals surface area contributed by atoms with Crippen LogP contribution in [0.5, 0.6) is 0 Å². The molecular weight excluding hydrogens is 144 g/mol. The molecule has 0 aliphatic carbocycles. The molecule has 0 aromatic heterocycles. The van der Waals surface area contributed by atoms with Gasteiger partial charge in [-0.3, -0.25) is 0 Å². The number of ether oxygens (including phenoxy) is 1. The van der Waals surface area contributed by atoms with Crippen molar-refractivity contribution in [1.82, 2.24) is 0 Å². The Morgan fingerprint density at radius 3 is 2.64 bits per heavy atom. The topological polar surface area (TPSA) is 46.5 Å². The number of hydrogen-bond acceptors (Lipinski definition) is 3. The Kier molecular flexibility index (Phi) is 4.54. The number of carbonyl (C=O) groups excluding carboxylic acids is 1. The first kappa shape index (κ1) is 10.2. The molecule has 0 saturated carbocycles. The molecule has 1 unspecified atom stereocenters. The molecule has 0 saturated heterocycles. The van der Waals surface area contributed by atoms with Crippen molar-refractivity contribution in [3.8, 4) is 0 Å². The number of aliphatic hydroxyl groups excluding tert-OH is 1. The molecule has 0 spiro atoms. The van der Waals surface area contributed by atoms with Gasteiger partial charge in [0.1, 0.15) is 0 Å². The van der Waals surface area contributed by atoms with E-state index in [1.165, 1.54) is 0 Å². The highest BCUT2D eigenvalue weighted by Gasteiger charge is 2.09. The Morgan fingerprint density at radius 2 is 2.27 bits per heavy atom. The lowest BCUT2D eigenvalue weighted by Gasteiger charge is -2.06. The van der Waals surface area contributed by atoms with Crippen molar-refractivity contribution in [2.24, 2.45) is 0 Å². The zero-order chi connectivity index (χ0) is 8.85. The molecule has 3 nitrogen and oxygen atoms in total. The predicted molar refractivity (Wildman–Crippen MR) is 42.1 cm³/mol. The third-order valence-corrected chi connectivity index (χ3v) is 1.11. The van der Waals surface area contributed by atoms with Crippen LogP contribution >= 0.6 is 0 Å². The molecule has 0 aromatic carbocycles. The SMILES string of the molecule is C=C(CC(C)O)C(=O)OCC. The van der Waals surface area contributed by atoms with Gasteiger partial charge >= 0.3 is 5.97 Å². The van der Waals surface area contributed by atoms with Gasteiger partial charge in [-0.05, 0) is 13.8 Å². The Morgan fingerprint density at radius 1 is 1.73 bits per heavy atom. The maximum absolute atomic E-state index is 10.8. The van der Waals surface area contributed by atoms with Crippen molar-refractivity contribution < 1.29 is 14.6 Å². The quantitative estimate of drug-likeness (QED) is 0.488. The van der Waals surface area contributed by atoms with Crippen molar-refractivity contribution >= 4 is 5.97 Å². The van der Waals surface area contributed by atoms with Crippen LogP contribution in [-0.2, 0) is 9.53 Å². The lowest BCUT2D eigenvalue weighted by Crippen LogP contribution is -2.11. The van der Waals surface area contributed by atoms with Crippen LogP contribution in [0.1, 0.15) is 20.3 Å². The standard InChI is InChI=1S/C8H14O3/c1-4-11-8(10)6(2)5-7(3)9/h7,9H,2,4-5H2,1,3H3. The summed E-state index contributed by atoms with van der Waals surface area (Å²) >= 11 is 0. The van der Waals surface area contributed by atoms with Crippen LogP contribution in [0.25, 0.3) is 0 Å². The molecule has 1 atom stereocenters. The fraction of sp³-hybridized carbons (Fsp3) is 0.625. The lowest BCUT2D eigenvalue weighted by atomic mass is 10.1. The van der Waals surface area contributed by atoms with E-state index in [2.05, 4.69) is 11.3 Å². The predicted octanol–water partition coefficient (Wildman–Crippen LogP) is 0.877. The van der Waals surface area contributed by atoms with Crippen LogP contribution in [0.4, 0.5) is 0 Å². The van der Waals surface area contributed by atoms with E-state index in [0.29, 0.717) is 12.2 Å². The highest BCUT2D eigenvalue weighted by atomic mass is 16.5. The number of esters is 1. The molecule has 0 amide bonds. The van der Waals surface area contributed by atoms with Gasteiger partial charge < -0.3 is 9.84 Å². The molecule has 1 N–H and O–H groups in total. The monoisotopic (exact) mass is 158 g/mol. The Labute approximate surface area is 66.7 Å². The number of aliphatic hydroxyl groups is 1. The summed E-state index contributed by atoms with van der Waals surface area (Å²) in [6, 6.07) is 0. The number of hydrogen-bond donors (Lipinski definition) is 1. The molecule has 0 fully saturated rings. The van der Waals surface area contributed by atoms with Crippen molar-refractivity contribution in [1.29, 1.82) is 0 Å². The first-order valence-electron chi connectivity index (χ1n) is 3.60. The minimum absolute atomic E-state index is 0.277. The van der Waals surface area contributed by atoms with E-state index < -0.39 is 12.1 Å². The fourth-order valence-electron chi connectivity index (χ4n) is 0.673. The van der Waals surface area contributed by atoms with Crippen LogP contribution in [0.3, 0.4) is 0 Å². The van der Waals surface area contributed by atoms with E-state index in [1.54, 1.807) is 13.8 Å². The second-order valence-electron chi connectivity index (χ2n) is 2.38. The van der Waals surface area contributed by atoms with E-state index >= 15 is 0 Å². The normalized spacial score (nSPS) is 12.3. The summed E-state index contributed by atoms with van der Waals surface area (Å²) in [5.41, 5.74) is 0.321. The van der Waals surface area contributed by atoms with E-state index in [1.807, 2.05) is 0 Å². The first-order valence-corrected chi connectivity index (χ1v) is 3.60. The maximum Gasteiger partial charge on any atom is 0.333 e. The van der Waals surface area contributed by atoms with E-state index in [0.717, 1.165) is 0 Å². The second-order valence-corrected chi connectivity index (χ2v) is 2.38. The molecule has 0 aliphatic rings. The van der Waals surface area contributed by atoms with Crippen molar-refractivity contribution in [2.45, 2.75) is 26.4 Å². The molecular formula is C8H14O3. The minimum Gasteiger partial charge on any atom is -0.463 e. The molecule has 0 radical (unpaired) electrons. The second kappa shape index (κ2) is 4.91. The molecule has 0 bridgehead atoms. The largest absolute Gasteiger partial charge is 0.463 e. The van der Waals surface area contributed by atoms with Gasteiger partial charge in [0, 0.05) is 12.0 Å². The molecule has 0 heterocycles. The minimum atomic E-state index is -0.535. The summed E-state index contributed by atoms with van der Waals surface area (Å²) in [6.07, 6.45) is -0.259. The van der Waals surface area contributed by atoms with Gasteiger partial charge in [0.2, 0.25) is 0 Å². The average Bonchev–Trinajstić information content (AvgIpc) is 1.86. The zero-order valence-corrected chi connectivity index (χ0v) is 6.96. The molecule has 0 aromatic rings. The zero-order valence-electron chi connectivity index (χ0n) is 6.96. The molecule has 3 heteroatoms. The highest BCUT2D eigenvalue weighted by molar-refractivity contribution is 5.87. The van der Waals surface area contributed by atoms with E-state index in [9.17, 15) is 4.79 Å². The number of rotatable bonds is 4. The summed E-state index contributed by atoms with van der Waals surface area (Å²) in [5, 5.41) is 8.87. The van der Waals surface area contributed by atoms with Crippen molar-refractivity contribution in [2.75, 3.05) is 6.61 Å². The van der Waals surface area contributed by atoms with Crippen LogP contribution in [0, 0.1) is 0 Å². The summed E-state index contributed by atoms with van der Waals surface area (Å²) in [5.74, 6) is -0.423. The van der Waals surface area contributed by atoms with E-state index in [-0.39, 0.29) is 6.42 Å². The summed E-state index contributed by atoms with van der Waals surface area (Å²) in [7, 11) is 0. The van der Waals surface area contributed by atoms with Gasteiger partial charge in [0.25, 0.3) is 0 Å².